The van der Waals surface area contributed by atoms with Crippen molar-refractivity contribution in [2.24, 2.45) is 0 Å². The molecule has 2 aromatic rings. The van der Waals surface area contributed by atoms with E-state index in [0.717, 1.165) is 16.9 Å². The van der Waals surface area contributed by atoms with Crippen LogP contribution in [0.4, 0.5) is 11.5 Å². The predicted molar refractivity (Wildman–Crippen MR) is 117 cm³/mol. The fraction of sp³-hybridized carbons (Fsp3) is 0.409. The summed E-state index contributed by atoms with van der Waals surface area (Å²) in [5, 5.41) is 2.74. The predicted octanol–water partition coefficient (Wildman–Crippen LogP) is 2.48. The number of aromatic nitrogens is 1. The van der Waals surface area contributed by atoms with Crippen LogP contribution in [0, 0.1) is 6.92 Å². The van der Waals surface area contributed by atoms with E-state index in [9.17, 15) is 18.0 Å². The molecule has 0 spiro atoms. The third-order valence-electron chi connectivity index (χ3n) is 5.86. The standard InChI is InChI=1S/C22H26N4O4S/c1-14-6-4-8-21(23-14)24-22(28)20-7-5-11-25(20)31(29,30)18-9-10-19-17(13-18)12-15(2)26(19)16(3)27/h4,6,8-10,13,15,20H,5,7,11-12H2,1-3H3,(H,23,24,28). The van der Waals surface area contributed by atoms with Gasteiger partial charge in [-0.25, -0.2) is 13.4 Å². The van der Waals surface area contributed by atoms with E-state index in [-0.39, 0.29) is 29.3 Å². The average Bonchev–Trinajstić information content (AvgIpc) is 3.31. The zero-order valence-electron chi connectivity index (χ0n) is 17.8. The molecule has 2 aliphatic heterocycles. The van der Waals surface area contributed by atoms with Crippen LogP contribution in [0.3, 0.4) is 0 Å². The highest BCUT2D eigenvalue weighted by atomic mass is 32.2. The van der Waals surface area contributed by atoms with Gasteiger partial charge in [0.25, 0.3) is 0 Å². The number of nitrogens with zero attached hydrogens (tertiary/aromatic N) is 3. The van der Waals surface area contributed by atoms with E-state index in [0.29, 0.717) is 25.1 Å². The number of anilines is 2. The number of fused-ring (bicyclic) bond motifs is 1. The summed E-state index contributed by atoms with van der Waals surface area (Å²) in [5.74, 6) is -0.0373. The fourth-order valence-electron chi connectivity index (χ4n) is 4.50. The molecular weight excluding hydrogens is 416 g/mol. The van der Waals surface area contributed by atoms with E-state index in [1.54, 1.807) is 29.2 Å². The number of amides is 2. The van der Waals surface area contributed by atoms with Gasteiger partial charge < -0.3 is 10.2 Å². The molecule has 2 unspecified atom stereocenters. The fourth-order valence-corrected chi connectivity index (χ4v) is 6.20. The third-order valence-corrected chi connectivity index (χ3v) is 7.76. The Labute approximate surface area is 182 Å². The highest BCUT2D eigenvalue weighted by molar-refractivity contribution is 7.89. The first-order valence-corrected chi connectivity index (χ1v) is 11.8. The number of hydrogen-bond donors (Lipinski definition) is 1. The van der Waals surface area contributed by atoms with Crippen molar-refractivity contribution in [2.75, 3.05) is 16.8 Å². The summed E-state index contributed by atoms with van der Waals surface area (Å²) in [6.45, 7) is 5.56. The van der Waals surface area contributed by atoms with E-state index < -0.39 is 16.1 Å². The van der Waals surface area contributed by atoms with Crippen LogP contribution in [0.5, 0.6) is 0 Å². The van der Waals surface area contributed by atoms with Crippen molar-refractivity contribution in [1.82, 2.24) is 9.29 Å². The largest absolute Gasteiger partial charge is 0.309 e. The second-order valence-electron chi connectivity index (χ2n) is 8.16. The zero-order valence-corrected chi connectivity index (χ0v) is 18.6. The van der Waals surface area contributed by atoms with Crippen LogP contribution in [-0.2, 0) is 26.0 Å². The molecule has 1 N–H and O–H groups in total. The molecule has 0 bridgehead atoms. The lowest BCUT2D eigenvalue weighted by molar-refractivity contribution is -0.119. The minimum Gasteiger partial charge on any atom is -0.309 e. The molecule has 164 valence electrons. The lowest BCUT2D eigenvalue weighted by atomic mass is 10.1. The highest BCUT2D eigenvalue weighted by Crippen LogP contribution is 2.35. The molecule has 9 heteroatoms. The van der Waals surface area contributed by atoms with Crippen molar-refractivity contribution < 1.29 is 18.0 Å². The Morgan fingerprint density at radius 3 is 2.68 bits per heavy atom. The molecule has 0 saturated carbocycles. The average molecular weight is 443 g/mol. The normalized spacial score (nSPS) is 21.2. The summed E-state index contributed by atoms with van der Waals surface area (Å²) in [5.41, 5.74) is 2.34. The van der Waals surface area contributed by atoms with E-state index in [4.69, 9.17) is 0 Å². The van der Waals surface area contributed by atoms with Crippen LogP contribution in [0.2, 0.25) is 0 Å². The Balaban J connectivity index is 1.59. The summed E-state index contributed by atoms with van der Waals surface area (Å²) < 4.78 is 28.1. The number of carbonyl (C=O) groups excluding carboxylic acids is 2. The molecule has 4 rings (SSSR count). The number of nitrogens with one attached hydrogen (secondary N) is 1. The molecule has 2 amide bonds. The van der Waals surface area contributed by atoms with Crippen molar-refractivity contribution in [3.05, 3.63) is 47.7 Å². The Morgan fingerprint density at radius 1 is 1.19 bits per heavy atom. The summed E-state index contributed by atoms with van der Waals surface area (Å²) >= 11 is 0. The van der Waals surface area contributed by atoms with Gasteiger partial charge in [0.15, 0.2) is 0 Å². The summed E-state index contributed by atoms with van der Waals surface area (Å²) in [7, 11) is -3.86. The van der Waals surface area contributed by atoms with Crippen LogP contribution in [0.1, 0.15) is 37.9 Å². The maximum atomic E-state index is 13.4. The van der Waals surface area contributed by atoms with E-state index in [2.05, 4.69) is 10.3 Å². The molecule has 1 saturated heterocycles. The van der Waals surface area contributed by atoms with Crippen molar-refractivity contribution in [3.8, 4) is 0 Å². The van der Waals surface area contributed by atoms with Crippen LogP contribution in [0.15, 0.2) is 41.3 Å². The number of sulfonamides is 1. The molecule has 31 heavy (non-hydrogen) atoms. The van der Waals surface area contributed by atoms with Gasteiger partial charge in [0.1, 0.15) is 11.9 Å². The van der Waals surface area contributed by atoms with Crippen molar-refractivity contribution in [1.29, 1.82) is 0 Å². The van der Waals surface area contributed by atoms with Gasteiger partial charge in [0.2, 0.25) is 21.8 Å². The van der Waals surface area contributed by atoms with Gasteiger partial charge in [0.05, 0.1) is 4.90 Å². The molecule has 1 aromatic heterocycles. The number of rotatable bonds is 4. The van der Waals surface area contributed by atoms with Crippen molar-refractivity contribution >= 4 is 33.3 Å². The lowest BCUT2D eigenvalue weighted by Gasteiger charge is -2.24. The second-order valence-corrected chi connectivity index (χ2v) is 10.1. The maximum Gasteiger partial charge on any atom is 0.243 e. The van der Waals surface area contributed by atoms with Gasteiger partial charge in [-0.2, -0.15) is 4.31 Å². The number of hydrogen-bond acceptors (Lipinski definition) is 5. The molecule has 0 radical (unpaired) electrons. The van der Waals surface area contributed by atoms with Crippen LogP contribution in [-0.4, -0.2) is 48.1 Å². The molecular formula is C22H26N4O4S. The zero-order chi connectivity index (χ0) is 22.3. The van der Waals surface area contributed by atoms with E-state index in [1.807, 2.05) is 19.9 Å². The third kappa shape index (κ3) is 3.95. The van der Waals surface area contributed by atoms with Gasteiger partial charge in [-0.05, 0) is 69.0 Å². The molecule has 1 fully saturated rings. The van der Waals surface area contributed by atoms with Crippen LogP contribution < -0.4 is 10.2 Å². The second kappa shape index (κ2) is 8.05. The first kappa shape index (κ1) is 21.5. The Kier molecular flexibility index (Phi) is 5.57. The number of aryl methyl sites for hydroxylation is 1. The molecule has 1 aromatic carbocycles. The van der Waals surface area contributed by atoms with Gasteiger partial charge >= 0.3 is 0 Å². The van der Waals surface area contributed by atoms with Crippen LogP contribution >= 0.6 is 0 Å². The lowest BCUT2D eigenvalue weighted by Crippen LogP contribution is -2.43. The van der Waals surface area contributed by atoms with Gasteiger partial charge in [0, 0.05) is 30.9 Å². The Hall–Kier alpha value is -2.78. The molecule has 2 atom stereocenters. The first-order chi connectivity index (χ1) is 14.7. The number of benzene rings is 1. The Bertz CT molecular complexity index is 1150. The molecule has 3 heterocycles. The Morgan fingerprint density at radius 2 is 1.97 bits per heavy atom. The minimum atomic E-state index is -3.86. The molecule has 8 nitrogen and oxygen atoms in total. The SMILES string of the molecule is CC(=O)N1c2ccc(S(=O)(=O)N3CCCC3C(=O)Nc3cccc(C)n3)cc2CC1C. The maximum absolute atomic E-state index is 13.4. The first-order valence-electron chi connectivity index (χ1n) is 10.4. The topological polar surface area (TPSA) is 99.7 Å². The smallest absolute Gasteiger partial charge is 0.243 e. The van der Waals surface area contributed by atoms with E-state index in [1.165, 1.54) is 17.3 Å². The number of carbonyl (C=O) groups is 2. The van der Waals surface area contributed by atoms with Gasteiger partial charge in [-0.15, -0.1) is 0 Å². The minimum absolute atomic E-state index is 0.0161. The quantitative estimate of drug-likeness (QED) is 0.784. The highest BCUT2D eigenvalue weighted by Gasteiger charge is 2.40. The van der Waals surface area contributed by atoms with Gasteiger partial charge in [-0.3, -0.25) is 9.59 Å². The van der Waals surface area contributed by atoms with Gasteiger partial charge in [-0.1, -0.05) is 6.07 Å². The molecule has 2 aliphatic rings. The number of pyridine rings is 1. The van der Waals surface area contributed by atoms with Crippen molar-refractivity contribution in [3.63, 3.8) is 0 Å². The summed E-state index contributed by atoms with van der Waals surface area (Å²) in [6, 6.07) is 9.35. The monoisotopic (exact) mass is 442 g/mol. The van der Waals surface area contributed by atoms with Crippen molar-refractivity contribution in [2.45, 2.75) is 57.0 Å². The summed E-state index contributed by atoms with van der Waals surface area (Å²) in [4.78, 5) is 30.9. The molecule has 0 aliphatic carbocycles. The summed E-state index contributed by atoms with van der Waals surface area (Å²) in [6.07, 6.45) is 1.66. The van der Waals surface area contributed by atoms with Crippen LogP contribution in [0.25, 0.3) is 0 Å². The van der Waals surface area contributed by atoms with E-state index >= 15 is 0 Å².